The molecule has 1 aliphatic carbocycles. The lowest BCUT2D eigenvalue weighted by Gasteiger charge is -2.37. The van der Waals surface area contributed by atoms with Gasteiger partial charge in [-0.25, -0.2) is 4.39 Å². The number of hydrogen-bond donors (Lipinski definition) is 1. The Labute approximate surface area is 125 Å². The number of para-hydroxylation sites is 1. The van der Waals surface area contributed by atoms with E-state index >= 15 is 0 Å². The predicted molar refractivity (Wildman–Crippen MR) is 82.9 cm³/mol. The number of halogens is 1. The van der Waals surface area contributed by atoms with E-state index in [1.165, 1.54) is 11.1 Å². The van der Waals surface area contributed by atoms with E-state index in [2.05, 4.69) is 17.4 Å². The van der Waals surface area contributed by atoms with E-state index in [4.69, 9.17) is 4.74 Å². The molecule has 0 heterocycles. The maximum absolute atomic E-state index is 12.9. The van der Waals surface area contributed by atoms with Crippen molar-refractivity contribution in [3.05, 3.63) is 65.5 Å². The van der Waals surface area contributed by atoms with Crippen LogP contribution in [0.5, 0.6) is 0 Å². The smallest absolute Gasteiger partial charge is 0.123 e. The fourth-order valence-electron chi connectivity index (χ4n) is 2.91. The quantitative estimate of drug-likeness (QED) is 0.883. The average Bonchev–Trinajstić information content (AvgIpc) is 2.46. The number of rotatable bonds is 5. The third-order valence-corrected chi connectivity index (χ3v) is 4.16. The van der Waals surface area contributed by atoms with Crippen molar-refractivity contribution in [2.45, 2.75) is 31.4 Å². The van der Waals surface area contributed by atoms with E-state index in [0.29, 0.717) is 18.6 Å². The van der Waals surface area contributed by atoms with Crippen molar-refractivity contribution in [2.75, 3.05) is 12.4 Å². The minimum Gasteiger partial charge on any atom is -0.382 e. The molecule has 1 aliphatic rings. The summed E-state index contributed by atoms with van der Waals surface area (Å²) in [6.07, 6.45) is 2.18. The summed E-state index contributed by atoms with van der Waals surface area (Å²) >= 11 is 0. The van der Waals surface area contributed by atoms with Gasteiger partial charge >= 0.3 is 0 Å². The number of ether oxygens (including phenoxy) is 1. The highest BCUT2D eigenvalue weighted by molar-refractivity contribution is 5.52. The second kappa shape index (κ2) is 6.27. The third kappa shape index (κ3) is 3.24. The van der Waals surface area contributed by atoms with Crippen LogP contribution in [0.2, 0.25) is 0 Å². The Balaban J connectivity index is 1.58. The minimum atomic E-state index is -0.166. The van der Waals surface area contributed by atoms with Gasteiger partial charge in [0.15, 0.2) is 0 Å². The summed E-state index contributed by atoms with van der Waals surface area (Å²) in [5.41, 5.74) is 3.58. The molecule has 2 aromatic rings. The second-order valence-electron chi connectivity index (χ2n) is 5.65. The van der Waals surface area contributed by atoms with Gasteiger partial charge in [0.1, 0.15) is 5.82 Å². The Hall–Kier alpha value is -1.87. The van der Waals surface area contributed by atoms with Crippen LogP contribution in [-0.2, 0) is 11.3 Å². The summed E-state index contributed by atoms with van der Waals surface area (Å²) in [7, 11) is 1.71. The topological polar surface area (TPSA) is 21.3 Å². The van der Waals surface area contributed by atoms with Crippen molar-refractivity contribution >= 4 is 5.69 Å². The first-order valence-corrected chi connectivity index (χ1v) is 7.35. The van der Waals surface area contributed by atoms with Gasteiger partial charge in [-0.3, -0.25) is 0 Å². The van der Waals surface area contributed by atoms with Crippen LogP contribution in [0.1, 0.15) is 29.9 Å². The maximum atomic E-state index is 12.9. The van der Waals surface area contributed by atoms with E-state index in [-0.39, 0.29) is 5.82 Å². The molecule has 110 valence electrons. The van der Waals surface area contributed by atoms with Gasteiger partial charge in [-0.15, -0.1) is 0 Å². The fourth-order valence-corrected chi connectivity index (χ4v) is 2.91. The van der Waals surface area contributed by atoms with Gasteiger partial charge < -0.3 is 10.1 Å². The summed E-state index contributed by atoms with van der Waals surface area (Å²) < 4.78 is 18.2. The first-order chi connectivity index (χ1) is 10.3. The van der Waals surface area contributed by atoms with E-state index in [1.807, 2.05) is 24.3 Å². The van der Waals surface area contributed by atoms with Crippen LogP contribution >= 0.6 is 0 Å². The summed E-state index contributed by atoms with van der Waals surface area (Å²) in [6, 6.07) is 15.6. The van der Waals surface area contributed by atoms with Crippen LogP contribution in [0.3, 0.4) is 0 Å². The molecule has 1 fully saturated rings. The predicted octanol–water partition coefficient (Wildman–Crippen LogP) is 4.33. The average molecular weight is 285 g/mol. The molecule has 0 amide bonds. The highest BCUT2D eigenvalue weighted by Crippen LogP contribution is 2.38. The van der Waals surface area contributed by atoms with Crippen molar-refractivity contribution in [1.29, 1.82) is 0 Å². The molecule has 0 atom stereocenters. The van der Waals surface area contributed by atoms with Crippen LogP contribution in [-0.4, -0.2) is 13.2 Å². The Morgan fingerprint density at radius 1 is 1.10 bits per heavy atom. The SMILES string of the molecule is COCc1ccccc1NC1CC(c2ccc(F)cc2)C1. The number of hydrogen-bond acceptors (Lipinski definition) is 2. The monoisotopic (exact) mass is 285 g/mol. The zero-order chi connectivity index (χ0) is 14.7. The van der Waals surface area contributed by atoms with Crippen LogP contribution < -0.4 is 5.32 Å². The molecule has 1 N–H and O–H groups in total. The molecule has 0 saturated heterocycles. The summed E-state index contributed by atoms with van der Waals surface area (Å²) in [6.45, 7) is 0.622. The molecule has 3 rings (SSSR count). The molecule has 21 heavy (non-hydrogen) atoms. The molecule has 0 unspecified atom stereocenters. The van der Waals surface area contributed by atoms with Crippen LogP contribution in [0.4, 0.5) is 10.1 Å². The third-order valence-electron chi connectivity index (χ3n) is 4.16. The van der Waals surface area contributed by atoms with Crippen LogP contribution in [0, 0.1) is 5.82 Å². The number of methoxy groups -OCH3 is 1. The standard InChI is InChI=1S/C18H20FNO/c1-21-12-14-4-2-3-5-18(14)20-17-10-15(11-17)13-6-8-16(19)9-7-13/h2-9,15,17,20H,10-12H2,1H3. The van der Waals surface area contributed by atoms with Gasteiger partial charge in [-0.1, -0.05) is 30.3 Å². The maximum Gasteiger partial charge on any atom is 0.123 e. The van der Waals surface area contributed by atoms with E-state index in [9.17, 15) is 4.39 Å². The van der Waals surface area contributed by atoms with E-state index in [1.54, 1.807) is 19.2 Å². The molecule has 0 aromatic heterocycles. The zero-order valence-corrected chi connectivity index (χ0v) is 12.2. The van der Waals surface area contributed by atoms with E-state index < -0.39 is 0 Å². The van der Waals surface area contributed by atoms with Gasteiger partial charge in [0.2, 0.25) is 0 Å². The molecule has 0 radical (unpaired) electrons. The highest BCUT2D eigenvalue weighted by Gasteiger charge is 2.30. The molecular formula is C18H20FNO. The van der Waals surface area contributed by atoms with Crippen molar-refractivity contribution in [3.63, 3.8) is 0 Å². The van der Waals surface area contributed by atoms with Gasteiger partial charge in [-0.05, 0) is 42.5 Å². The van der Waals surface area contributed by atoms with Gasteiger partial charge in [0, 0.05) is 24.4 Å². The summed E-state index contributed by atoms with van der Waals surface area (Å²) in [4.78, 5) is 0. The normalized spacial score (nSPS) is 20.9. The summed E-state index contributed by atoms with van der Waals surface area (Å²) in [5, 5.41) is 3.59. The lowest BCUT2D eigenvalue weighted by Crippen LogP contribution is -2.34. The highest BCUT2D eigenvalue weighted by atomic mass is 19.1. The van der Waals surface area contributed by atoms with Crippen molar-refractivity contribution in [3.8, 4) is 0 Å². The number of anilines is 1. The van der Waals surface area contributed by atoms with Crippen molar-refractivity contribution < 1.29 is 9.13 Å². The van der Waals surface area contributed by atoms with Gasteiger partial charge in [0.25, 0.3) is 0 Å². The van der Waals surface area contributed by atoms with Crippen molar-refractivity contribution in [2.24, 2.45) is 0 Å². The Bertz CT molecular complexity index is 590. The Kier molecular flexibility index (Phi) is 4.20. The Morgan fingerprint density at radius 3 is 2.52 bits per heavy atom. The molecule has 0 aliphatic heterocycles. The minimum absolute atomic E-state index is 0.166. The second-order valence-corrected chi connectivity index (χ2v) is 5.65. The van der Waals surface area contributed by atoms with Gasteiger partial charge in [0.05, 0.1) is 6.61 Å². The largest absolute Gasteiger partial charge is 0.382 e. The van der Waals surface area contributed by atoms with E-state index in [0.717, 1.165) is 18.5 Å². The van der Waals surface area contributed by atoms with Crippen LogP contribution in [0.15, 0.2) is 48.5 Å². The molecule has 3 heteroatoms. The number of nitrogens with one attached hydrogen (secondary N) is 1. The molecular weight excluding hydrogens is 265 g/mol. The summed E-state index contributed by atoms with van der Waals surface area (Å²) in [5.74, 6) is 0.374. The van der Waals surface area contributed by atoms with Crippen molar-refractivity contribution in [1.82, 2.24) is 0 Å². The van der Waals surface area contributed by atoms with Crippen LogP contribution in [0.25, 0.3) is 0 Å². The molecule has 0 spiro atoms. The number of benzene rings is 2. The van der Waals surface area contributed by atoms with Gasteiger partial charge in [-0.2, -0.15) is 0 Å². The fraction of sp³-hybridized carbons (Fsp3) is 0.333. The molecule has 1 saturated carbocycles. The molecule has 2 aromatic carbocycles. The Morgan fingerprint density at radius 2 is 1.81 bits per heavy atom. The lowest BCUT2D eigenvalue weighted by molar-refractivity contribution is 0.185. The first kappa shape index (κ1) is 14.1. The zero-order valence-electron chi connectivity index (χ0n) is 12.2. The molecule has 0 bridgehead atoms. The first-order valence-electron chi connectivity index (χ1n) is 7.35. The lowest BCUT2D eigenvalue weighted by atomic mass is 9.76. The molecule has 2 nitrogen and oxygen atoms in total.